The fraction of sp³-hybridized carbons (Fsp3) is 0.455. The van der Waals surface area contributed by atoms with Gasteiger partial charge in [-0.3, -0.25) is 0 Å². The average Bonchev–Trinajstić information content (AvgIpc) is 2.31. The fourth-order valence-electron chi connectivity index (χ4n) is 1.24. The summed E-state index contributed by atoms with van der Waals surface area (Å²) < 4.78 is 25.6. The molecule has 1 unspecified atom stereocenters. The molecule has 1 aromatic carbocycles. The van der Waals surface area contributed by atoms with Crippen molar-refractivity contribution in [3.8, 4) is 0 Å². The molecule has 0 fully saturated rings. The molecule has 5 nitrogen and oxygen atoms in total. The van der Waals surface area contributed by atoms with Crippen LogP contribution in [-0.2, 0) is 10.0 Å². The number of benzene rings is 1. The maximum Gasteiger partial charge on any atom is 0.212 e. The van der Waals surface area contributed by atoms with Gasteiger partial charge in [-0.1, -0.05) is 0 Å². The Morgan fingerprint density at radius 3 is 2.56 bits per heavy atom. The number of rotatable bonds is 7. The van der Waals surface area contributed by atoms with Gasteiger partial charge in [0.15, 0.2) is 0 Å². The molecule has 0 spiro atoms. The predicted molar refractivity (Wildman–Crippen MR) is 75.0 cm³/mol. The zero-order valence-corrected chi connectivity index (χ0v) is 11.8. The van der Waals surface area contributed by atoms with Gasteiger partial charge >= 0.3 is 0 Å². The Labute approximate surface area is 112 Å². The summed E-state index contributed by atoms with van der Waals surface area (Å²) in [5.41, 5.74) is 6.24. The van der Waals surface area contributed by atoms with E-state index in [1.165, 1.54) is 11.8 Å². The van der Waals surface area contributed by atoms with E-state index in [1.54, 1.807) is 19.1 Å². The van der Waals surface area contributed by atoms with Gasteiger partial charge in [0, 0.05) is 22.4 Å². The monoisotopic (exact) mass is 290 g/mol. The number of aliphatic hydroxyl groups excluding tert-OH is 1. The van der Waals surface area contributed by atoms with Crippen molar-refractivity contribution in [3.63, 3.8) is 0 Å². The summed E-state index contributed by atoms with van der Waals surface area (Å²) in [6, 6.07) is 6.83. The van der Waals surface area contributed by atoms with Gasteiger partial charge in [-0.25, -0.2) is 13.1 Å². The minimum absolute atomic E-state index is 0.0202. The van der Waals surface area contributed by atoms with Crippen LogP contribution in [0.1, 0.15) is 6.92 Å². The molecule has 0 bridgehead atoms. The summed E-state index contributed by atoms with van der Waals surface area (Å²) in [4.78, 5) is 0.981. The molecule has 0 aliphatic heterocycles. The van der Waals surface area contributed by atoms with E-state index in [4.69, 9.17) is 10.8 Å². The van der Waals surface area contributed by atoms with Crippen LogP contribution in [-0.4, -0.2) is 37.7 Å². The van der Waals surface area contributed by atoms with Crippen molar-refractivity contribution in [1.29, 1.82) is 0 Å². The van der Waals surface area contributed by atoms with Gasteiger partial charge in [0.25, 0.3) is 0 Å². The Morgan fingerprint density at radius 1 is 1.39 bits per heavy atom. The summed E-state index contributed by atoms with van der Waals surface area (Å²) in [7, 11) is -3.33. The van der Waals surface area contributed by atoms with E-state index < -0.39 is 16.1 Å². The number of hydrogen-bond donors (Lipinski definition) is 3. The lowest BCUT2D eigenvalue weighted by Gasteiger charge is -2.11. The van der Waals surface area contributed by atoms with Gasteiger partial charge in [-0.05, 0) is 31.2 Å². The minimum Gasteiger partial charge on any atom is -0.399 e. The molecule has 0 heterocycles. The van der Waals surface area contributed by atoms with Crippen molar-refractivity contribution in [1.82, 2.24) is 4.72 Å². The molecule has 1 aromatic rings. The van der Waals surface area contributed by atoms with E-state index in [0.717, 1.165) is 4.90 Å². The highest BCUT2D eigenvalue weighted by Gasteiger charge is 2.13. The molecule has 0 aliphatic rings. The Kier molecular flexibility index (Phi) is 5.94. The molecule has 0 radical (unpaired) electrons. The summed E-state index contributed by atoms with van der Waals surface area (Å²) in [6.07, 6.45) is 0. The first-order valence-electron chi connectivity index (χ1n) is 5.52. The summed E-state index contributed by atoms with van der Waals surface area (Å²) in [5, 5.41) is 8.78. The molecule has 0 aromatic heterocycles. The van der Waals surface area contributed by atoms with E-state index in [0.29, 0.717) is 11.4 Å². The van der Waals surface area contributed by atoms with Crippen molar-refractivity contribution in [2.75, 3.05) is 23.8 Å². The lowest BCUT2D eigenvalue weighted by atomic mass is 10.3. The number of nitrogens with two attached hydrogens (primary N) is 1. The van der Waals surface area contributed by atoms with Crippen molar-refractivity contribution < 1.29 is 13.5 Å². The average molecular weight is 290 g/mol. The number of hydrogen-bond acceptors (Lipinski definition) is 5. The van der Waals surface area contributed by atoms with E-state index in [-0.39, 0.29) is 12.4 Å². The molecule has 7 heteroatoms. The summed E-state index contributed by atoms with van der Waals surface area (Å²) in [6.45, 7) is 1.41. The third kappa shape index (κ3) is 5.72. The van der Waals surface area contributed by atoms with Gasteiger partial charge in [-0.2, -0.15) is 0 Å². The standard InChI is InChI=1S/C11H18N2O3S2/c1-9(8-14)13-18(15,16)7-6-17-11-4-2-10(12)3-5-11/h2-5,9,13-14H,6-8,12H2,1H3. The molecule has 1 atom stereocenters. The number of anilines is 1. The molecule has 0 aliphatic carbocycles. The lowest BCUT2D eigenvalue weighted by Crippen LogP contribution is -2.37. The van der Waals surface area contributed by atoms with E-state index >= 15 is 0 Å². The third-order valence-corrected chi connectivity index (χ3v) is 4.93. The van der Waals surface area contributed by atoms with Crippen LogP contribution in [0.4, 0.5) is 5.69 Å². The van der Waals surface area contributed by atoms with Gasteiger partial charge < -0.3 is 10.8 Å². The first-order valence-corrected chi connectivity index (χ1v) is 8.16. The largest absolute Gasteiger partial charge is 0.399 e. The number of sulfonamides is 1. The number of nitrogens with one attached hydrogen (secondary N) is 1. The second-order valence-corrected chi connectivity index (χ2v) is 6.98. The quantitative estimate of drug-likeness (QED) is 0.507. The second kappa shape index (κ2) is 6.98. The van der Waals surface area contributed by atoms with E-state index in [2.05, 4.69) is 4.72 Å². The second-order valence-electron chi connectivity index (χ2n) is 3.94. The summed E-state index contributed by atoms with van der Waals surface area (Å²) in [5.74, 6) is 0.476. The smallest absolute Gasteiger partial charge is 0.212 e. The Hall–Kier alpha value is -0.760. The van der Waals surface area contributed by atoms with Crippen molar-refractivity contribution in [2.45, 2.75) is 17.9 Å². The van der Waals surface area contributed by atoms with Crippen LogP contribution in [0.3, 0.4) is 0 Å². The zero-order valence-electron chi connectivity index (χ0n) is 10.2. The number of nitrogen functional groups attached to an aromatic ring is 1. The van der Waals surface area contributed by atoms with Gasteiger partial charge in [0.1, 0.15) is 0 Å². The molecule has 0 saturated heterocycles. The summed E-state index contributed by atoms with van der Waals surface area (Å²) >= 11 is 1.45. The van der Waals surface area contributed by atoms with Crippen LogP contribution in [0, 0.1) is 0 Å². The van der Waals surface area contributed by atoms with Crippen LogP contribution in [0.5, 0.6) is 0 Å². The zero-order chi connectivity index (χ0) is 13.6. The van der Waals surface area contributed by atoms with Crippen LogP contribution >= 0.6 is 11.8 Å². The first-order chi connectivity index (χ1) is 8.43. The Balaban J connectivity index is 2.39. The van der Waals surface area contributed by atoms with Gasteiger partial charge in [-0.15, -0.1) is 11.8 Å². The number of aliphatic hydroxyl groups is 1. The highest BCUT2D eigenvalue weighted by Crippen LogP contribution is 2.19. The van der Waals surface area contributed by atoms with Crippen LogP contribution in [0.2, 0.25) is 0 Å². The molecule has 1 rings (SSSR count). The normalized spacial score (nSPS) is 13.4. The van der Waals surface area contributed by atoms with Crippen molar-refractivity contribution in [2.24, 2.45) is 0 Å². The molecule has 4 N–H and O–H groups in total. The molecular weight excluding hydrogens is 272 g/mol. The fourth-order valence-corrected chi connectivity index (χ4v) is 3.82. The van der Waals surface area contributed by atoms with Gasteiger partial charge in [0.2, 0.25) is 10.0 Å². The third-order valence-electron chi connectivity index (χ3n) is 2.16. The molecule has 0 amide bonds. The van der Waals surface area contributed by atoms with Crippen LogP contribution in [0.15, 0.2) is 29.2 Å². The van der Waals surface area contributed by atoms with Crippen molar-refractivity contribution >= 4 is 27.5 Å². The molecule has 0 saturated carbocycles. The van der Waals surface area contributed by atoms with Gasteiger partial charge in [0.05, 0.1) is 12.4 Å². The molecule has 18 heavy (non-hydrogen) atoms. The topological polar surface area (TPSA) is 92.4 Å². The Bertz CT molecular complexity index is 460. The minimum atomic E-state index is -3.33. The van der Waals surface area contributed by atoms with E-state index in [9.17, 15) is 8.42 Å². The van der Waals surface area contributed by atoms with Crippen LogP contribution in [0.25, 0.3) is 0 Å². The Morgan fingerprint density at radius 2 is 2.00 bits per heavy atom. The maximum absolute atomic E-state index is 11.6. The molecule has 102 valence electrons. The number of thioether (sulfide) groups is 1. The first kappa shape index (κ1) is 15.3. The van der Waals surface area contributed by atoms with E-state index in [1.807, 2.05) is 12.1 Å². The predicted octanol–water partition coefficient (Wildman–Crippen LogP) is 0.661. The highest BCUT2D eigenvalue weighted by atomic mass is 32.2. The van der Waals surface area contributed by atoms with Crippen LogP contribution < -0.4 is 10.5 Å². The SMILES string of the molecule is CC(CO)NS(=O)(=O)CCSc1ccc(N)cc1. The highest BCUT2D eigenvalue weighted by molar-refractivity contribution is 8.00. The van der Waals surface area contributed by atoms with Crippen molar-refractivity contribution in [3.05, 3.63) is 24.3 Å². The maximum atomic E-state index is 11.6. The lowest BCUT2D eigenvalue weighted by molar-refractivity contribution is 0.265. The molecular formula is C11H18N2O3S2.